The fraction of sp³-hybridized carbons (Fsp3) is 0.923. The summed E-state index contributed by atoms with van der Waals surface area (Å²) in [5, 5.41) is 6.52. The first kappa shape index (κ1) is 11.9. The molecule has 2 N–H and O–H groups in total. The lowest BCUT2D eigenvalue weighted by Gasteiger charge is -2.24. The zero-order valence-electron chi connectivity index (χ0n) is 10.3. The fourth-order valence-corrected chi connectivity index (χ4v) is 2.89. The fourth-order valence-electron chi connectivity index (χ4n) is 2.89. The van der Waals surface area contributed by atoms with Crippen molar-refractivity contribution in [2.24, 2.45) is 11.8 Å². The molecule has 3 nitrogen and oxygen atoms in total. The highest BCUT2D eigenvalue weighted by molar-refractivity contribution is 5.79. The Morgan fingerprint density at radius 1 is 1.19 bits per heavy atom. The Balaban J connectivity index is 1.84. The van der Waals surface area contributed by atoms with Crippen molar-refractivity contribution in [3.63, 3.8) is 0 Å². The maximum atomic E-state index is 12.0. The molecule has 92 valence electrons. The van der Waals surface area contributed by atoms with Crippen molar-refractivity contribution in [1.29, 1.82) is 0 Å². The third-order valence-corrected chi connectivity index (χ3v) is 4.12. The molecule has 2 fully saturated rings. The van der Waals surface area contributed by atoms with E-state index in [1.807, 2.05) is 0 Å². The van der Waals surface area contributed by atoms with Crippen LogP contribution in [0, 0.1) is 11.8 Å². The van der Waals surface area contributed by atoms with Gasteiger partial charge in [0.25, 0.3) is 0 Å². The zero-order valence-corrected chi connectivity index (χ0v) is 10.3. The molecule has 0 spiro atoms. The van der Waals surface area contributed by atoms with Gasteiger partial charge in [-0.2, -0.15) is 0 Å². The molecular weight excluding hydrogens is 200 g/mol. The van der Waals surface area contributed by atoms with Crippen LogP contribution in [0.3, 0.4) is 0 Å². The van der Waals surface area contributed by atoms with Gasteiger partial charge in [0.15, 0.2) is 0 Å². The van der Waals surface area contributed by atoms with Crippen LogP contribution < -0.4 is 10.6 Å². The molecule has 0 aromatic carbocycles. The first-order chi connectivity index (χ1) is 7.77. The van der Waals surface area contributed by atoms with Crippen molar-refractivity contribution in [1.82, 2.24) is 10.6 Å². The second kappa shape index (κ2) is 5.67. The minimum Gasteiger partial charge on any atom is -0.353 e. The van der Waals surface area contributed by atoms with Crippen LogP contribution in [0.4, 0.5) is 0 Å². The Kier molecular flexibility index (Phi) is 4.22. The standard InChI is InChI=1S/C13H24N2O/c1-10-5-3-2-4-6-12(10)15-13(16)11-7-8-14-9-11/h10-12,14H,2-9H2,1H3,(H,15,16). The number of amides is 1. The predicted molar refractivity (Wildman–Crippen MR) is 65.2 cm³/mol. The van der Waals surface area contributed by atoms with Crippen LogP contribution in [0.25, 0.3) is 0 Å². The number of carbonyl (C=O) groups is 1. The highest BCUT2D eigenvalue weighted by atomic mass is 16.2. The van der Waals surface area contributed by atoms with Gasteiger partial charge < -0.3 is 10.6 Å². The molecule has 1 heterocycles. The van der Waals surface area contributed by atoms with E-state index >= 15 is 0 Å². The van der Waals surface area contributed by atoms with Crippen LogP contribution in [-0.4, -0.2) is 25.0 Å². The number of hydrogen-bond donors (Lipinski definition) is 2. The summed E-state index contributed by atoms with van der Waals surface area (Å²) in [6.07, 6.45) is 7.40. The van der Waals surface area contributed by atoms with Gasteiger partial charge in [0.2, 0.25) is 5.91 Å². The Labute approximate surface area is 98.4 Å². The van der Waals surface area contributed by atoms with Gasteiger partial charge in [-0.1, -0.05) is 26.2 Å². The second-order valence-electron chi connectivity index (χ2n) is 5.42. The molecule has 1 aliphatic heterocycles. The van der Waals surface area contributed by atoms with E-state index < -0.39 is 0 Å². The second-order valence-corrected chi connectivity index (χ2v) is 5.42. The van der Waals surface area contributed by atoms with E-state index in [1.165, 1.54) is 32.1 Å². The van der Waals surface area contributed by atoms with E-state index in [4.69, 9.17) is 0 Å². The lowest BCUT2D eigenvalue weighted by molar-refractivity contribution is -0.125. The Morgan fingerprint density at radius 3 is 2.75 bits per heavy atom. The van der Waals surface area contributed by atoms with Crippen molar-refractivity contribution in [2.45, 2.75) is 51.5 Å². The molecule has 2 rings (SSSR count). The van der Waals surface area contributed by atoms with Gasteiger partial charge >= 0.3 is 0 Å². The van der Waals surface area contributed by atoms with E-state index in [2.05, 4.69) is 17.6 Å². The molecule has 16 heavy (non-hydrogen) atoms. The van der Waals surface area contributed by atoms with Gasteiger partial charge in [-0.15, -0.1) is 0 Å². The molecule has 0 radical (unpaired) electrons. The largest absolute Gasteiger partial charge is 0.353 e. The molecule has 1 saturated carbocycles. The summed E-state index contributed by atoms with van der Waals surface area (Å²) in [4.78, 5) is 12.0. The lowest BCUT2D eigenvalue weighted by atomic mass is 9.96. The molecule has 1 amide bonds. The van der Waals surface area contributed by atoms with Crippen molar-refractivity contribution in [3.05, 3.63) is 0 Å². The molecule has 3 unspecified atom stereocenters. The third kappa shape index (κ3) is 2.97. The van der Waals surface area contributed by atoms with E-state index in [9.17, 15) is 4.79 Å². The van der Waals surface area contributed by atoms with Gasteiger partial charge in [0.1, 0.15) is 0 Å². The summed E-state index contributed by atoms with van der Waals surface area (Å²) < 4.78 is 0. The topological polar surface area (TPSA) is 41.1 Å². The van der Waals surface area contributed by atoms with Gasteiger partial charge in [0.05, 0.1) is 5.92 Å². The van der Waals surface area contributed by atoms with Crippen molar-refractivity contribution < 1.29 is 4.79 Å². The minimum atomic E-state index is 0.218. The average molecular weight is 224 g/mol. The molecule has 3 heteroatoms. The highest BCUT2D eigenvalue weighted by Gasteiger charge is 2.27. The Bertz CT molecular complexity index is 236. The van der Waals surface area contributed by atoms with Gasteiger partial charge in [-0.25, -0.2) is 0 Å². The van der Waals surface area contributed by atoms with Crippen LogP contribution >= 0.6 is 0 Å². The smallest absolute Gasteiger partial charge is 0.224 e. The Morgan fingerprint density at radius 2 is 2.00 bits per heavy atom. The van der Waals surface area contributed by atoms with Crippen LogP contribution in [0.1, 0.15) is 45.4 Å². The summed E-state index contributed by atoms with van der Waals surface area (Å²) in [6.45, 7) is 4.15. The first-order valence-electron chi connectivity index (χ1n) is 6.78. The monoisotopic (exact) mass is 224 g/mol. The predicted octanol–water partition coefficient (Wildman–Crippen LogP) is 1.68. The number of rotatable bonds is 2. The zero-order chi connectivity index (χ0) is 11.4. The summed E-state index contributed by atoms with van der Waals surface area (Å²) in [6, 6.07) is 0.426. The normalized spacial score (nSPS) is 35.7. The van der Waals surface area contributed by atoms with E-state index in [0.717, 1.165) is 19.5 Å². The highest BCUT2D eigenvalue weighted by Crippen LogP contribution is 2.23. The molecule has 3 atom stereocenters. The number of nitrogens with one attached hydrogen (secondary N) is 2. The maximum Gasteiger partial charge on any atom is 0.224 e. The quantitative estimate of drug-likeness (QED) is 0.701. The van der Waals surface area contributed by atoms with Crippen LogP contribution in [0.2, 0.25) is 0 Å². The van der Waals surface area contributed by atoms with Gasteiger partial charge in [-0.3, -0.25) is 4.79 Å². The molecule has 0 aromatic rings. The van der Waals surface area contributed by atoms with Crippen molar-refractivity contribution >= 4 is 5.91 Å². The first-order valence-corrected chi connectivity index (χ1v) is 6.78. The van der Waals surface area contributed by atoms with Gasteiger partial charge in [-0.05, 0) is 31.7 Å². The van der Waals surface area contributed by atoms with Crippen molar-refractivity contribution in [2.75, 3.05) is 13.1 Å². The van der Waals surface area contributed by atoms with E-state index in [-0.39, 0.29) is 11.8 Å². The third-order valence-electron chi connectivity index (χ3n) is 4.12. The molecule has 0 aromatic heterocycles. The van der Waals surface area contributed by atoms with E-state index in [1.54, 1.807) is 0 Å². The average Bonchev–Trinajstić information content (AvgIpc) is 2.73. The SMILES string of the molecule is CC1CCCCCC1NC(=O)C1CCNC1. The summed E-state index contributed by atoms with van der Waals surface area (Å²) in [5.41, 5.74) is 0. The maximum absolute atomic E-state index is 12.0. The molecule has 0 bridgehead atoms. The van der Waals surface area contributed by atoms with E-state index in [0.29, 0.717) is 12.0 Å². The van der Waals surface area contributed by atoms with Crippen LogP contribution in [0.5, 0.6) is 0 Å². The molecule has 2 aliphatic rings. The number of carbonyl (C=O) groups excluding carboxylic acids is 1. The Hall–Kier alpha value is -0.570. The molecule has 1 aliphatic carbocycles. The lowest BCUT2D eigenvalue weighted by Crippen LogP contribution is -2.42. The van der Waals surface area contributed by atoms with Crippen LogP contribution in [-0.2, 0) is 4.79 Å². The van der Waals surface area contributed by atoms with Crippen molar-refractivity contribution in [3.8, 4) is 0 Å². The summed E-state index contributed by atoms with van der Waals surface area (Å²) in [5.74, 6) is 1.15. The molecular formula is C13H24N2O. The number of hydrogen-bond acceptors (Lipinski definition) is 2. The van der Waals surface area contributed by atoms with Crippen LogP contribution in [0.15, 0.2) is 0 Å². The summed E-state index contributed by atoms with van der Waals surface area (Å²) in [7, 11) is 0. The minimum absolute atomic E-state index is 0.218. The summed E-state index contributed by atoms with van der Waals surface area (Å²) >= 11 is 0. The molecule has 1 saturated heterocycles. The van der Waals surface area contributed by atoms with Gasteiger partial charge in [0, 0.05) is 12.6 Å².